The quantitative estimate of drug-likeness (QED) is 0.346. The van der Waals surface area contributed by atoms with Crippen LogP contribution in [0, 0.1) is 5.82 Å². The van der Waals surface area contributed by atoms with Crippen molar-refractivity contribution in [1.82, 2.24) is 4.98 Å². The number of benzene rings is 2. The Bertz CT molecular complexity index is 1200. The normalized spacial score (nSPS) is 14.7. The molecule has 1 aliphatic rings. The lowest BCUT2D eigenvalue weighted by Gasteiger charge is -2.32. The molecule has 2 heterocycles. The van der Waals surface area contributed by atoms with Gasteiger partial charge in [-0.3, -0.25) is 0 Å². The highest BCUT2D eigenvalue weighted by molar-refractivity contribution is 7.88. The third kappa shape index (κ3) is 3.59. The molecular weight excluding hydrogens is 412 g/mol. The van der Waals surface area contributed by atoms with Gasteiger partial charge in [0.25, 0.3) is 5.88 Å². The van der Waals surface area contributed by atoms with E-state index in [9.17, 15) is 26.0 Å². The van der Waals surface area contributed by atoms with Gasteiger partial charge in [-0.2, -0.15) is 21.6 Å². The van der Waals surface area contributed by atoms with Crippen LogP contribution in [0.25, 0.3) is 10.9 Å². The summed E-state index contributed by atoms with van der Waals surface area (Å²) in [5.74, 6) is -1.11. The molecule has 2 aromatic carbocycles. The third-order valence-electron chi connectivity index (χ3n) is 4.59. The molecule has 1 aromatic heterocycles. The van der Waals surface area contributed by atoms with Crippen molar-refractivity contribution in [2.75, 3.05) is 11.4 Å². The van der Waals surface area contributed by atoms with Crippen LogP contribution in [0.15, 0.2) is 48.5 Å². The third-order valence-corrected chi connectivity index (χ3v) is 5.54. The maximum Gasteiger partial charge on any atom is 0.534 e. The maximum atomic E-state index is 13.6. The van der Waals surface area contributed by atoms with Crippen molar-refractivity contribution >= 4 is 32.4 Å². The summed E-state index contributed by atoms with van der Waals surface area (Å²) in [6.45, 7) is 0.376. The number of para-hydroxylation sites is 1. The van der Waals surface area contributed by atoms with Crippen LogP contribution in [0.3, 0.4) is 0 Å². The van der Waals surface area contributed by atoms with Crippen LogP contribution in [0.2, 0.25) is 0 Å². The molecule has 152 valence electrons. The van der Waals surface area contributed by atoms with E-state index >= 15 is 0 Å². The van der Waals surface area contributed by atoms with E-state index in [2.05, 4.69) is 9.17 Å². The van der Waals surface area contributed by atoms with Gasteiger partial charge in [-0.05, 0) is 48.7 Å². The predicted octanol–water partition coefficient (Wildman–Crippen LogP) is 4.69. The second kappa shape index (κ2) is 6.87. The predicted molar refractivity (Wildman–Crippen MR) is 99.1 cm³/mol. The van der Waals surface area contributed by atoms with E-state index < -0.39 is 27.3 Å². The molecule has 0 radical (unpaired) electrons. The number of halogens is 4. The van der Waals surface area contributed by atoms with Gasteiger partial charge in [0.1, 0.15) is 11.5 Å². The Morgan fingerprint density at radius 1 is 1.03 bits per heavy atom. The molecule has 0 aliphatic carbocycles. The number of rotatable bonds is 3. The fourth-order valence-corrected chi connectivity index (χ4v) is 3.73. The molecule has 0 fully saturated rings. The zero-order valence-electron chi connectivity index (χ0n) is 14.8. The van der Waals surface area contributed by atoms with Gasteiger partial charge in [-0.15, -0.1) is 0 Å². The lowest BCUT2D eigenvalue weighted by Crippen LogP contribution is -2.30. The first-order chi connectivity index (χ1) is 13.7. The number of aryl methyl sites for hydroxylation is 1. The van der Waals surface area contributed by atoms with Crippen LogP contribution in [-0.2, 0) is 16.5 Å². The van der Waals surface area contributed by atoms with Crippen LogP contribution in [-0.4, -0.2) is 25.5 Å². The lowest BCUT2D eigenvalue weighted by molar-refractivity contribution is -0.0501. The molecule has 4 rings (SSSR count). The number of alkyl halides is 3. The average Bonchev–Trinajstić information content (AvgIpc) is 2.65. The van der Waals surface area contributed by atoms with Gasteiger partial charge in [0.05, 0.1) is 5.52 Å². The number of fused-ring (bicyclic) bond motifs is 2. The van der Waals surface area contributed by atoms with Crippen molar-refractivity contribution in [3.05, 3.63) is 59.9 Å². The Balaban J connectivity index is 1.90. The monoisotopic (exact) mass is 426 g/mol. The van der Waals surface area contributed by atoms with Crippen molar-refractivity contribution < 1.29 is 30.2 Å². The van der Waals surface area contributed by atoms with Gasteiger partial charge < -0.3 is 9.08 Å². The molecule has 0 N–H and O–H groups in total. The van der Waals surface area contributed by atoms with E-state index in [-0.39, 0.29) is 11.2 Å². The maximum absolute atomic E-state index is 13.6. The highest BCUT2D eigenvalue weighted by atomic mass is 32.2. The van der Waals surface area contributed by atoms with Gasteiger partial charge in [0.15, 0.2) is 0 Å². The minimum absolute atomic E-state index is 0.0593. The van der Waals surface area contributed by atoms with Gasteiger partial charge in [0.2, 0.25) is 0 Å². The van der Waals surface area contributed by atoms with E-state index in [4.69, 9.17) is 0 Å². The number of pyridine rings is 1. The topological polar surface area (TPSA) is 59.5 Å². The molecule has 5 nitrogen and oxygen atoms in total. The summed E-state index contributed by atoms with van der Waals surface area (Å²) in [5.41, 5.74) is -4.04. The number of hydrogen-bond donors (Lipinski definition) is 0. The van der Waals surface area contributed by atoms with E-state index in [1.54, 1.807) is 23.1 Å². The van der Waals surface area contributed by atoms with Gasteiger partial charge in [-0.25, -0.2) is 9.37 Å². The Morgan fingerprint density at radius 3 is 2.55 bits per heavy atom. The SMILES string of the molecule is O=S(=O)(Oc1nc2ccccc2cc1N1CCCc2cc(F)ccc21)C(F)(F)F. The Hall–Kier alpha value is -2.88. The molecular formula is C19H14F4N2O3S. The Kier molecular flexibility index (Phi) is 4.60. The van der Waals surface area contributed by atoms with Gasteiger partial charge in [-0.1, -0.05) is 18.2 Å². The van der Waals surface area contributed by atoms with E-state index in [0.29, 0.717) is 36.0 Å². The fraction of sp³-hybridized carbons (Fsp3) is 0.211. The molecule has 0 spiro atoms. The number of aromatic nitrogens is 1. The van der Waals surface area contributed by atoms with Crippen molar-refractivity contribution in [2.45, 2.75) is 18.3 Å². The Labute approximate surface area is 163 Å². The summed E-state index contributed by atoms with van der Waals surface area (Å²) < 4.78 is 80.0. The molecule has 0 unspecified atom stereocenters. The second-order valence-corrected chi connectivity index (χ2v) is 8.05. The number of nitrogens with zero attached hydrogens (tertiary/aromatic N) is 2. The van der Waals surface area contributed by atoms with E-state index in [0.717, 1.165) is 0 Å². The number of anilines is 2. The summed E-state index contributed by atoms with van der Waals surface area (Å²) >= 11 is 0. The van der Waals surface area contributed by atoms with Gasteiger partial charge >= 0.3 is 15.6 Å². The molecule has 0 atom stereocenters. The summed E-state index contributed by atoms with van der Waals surface area (Å²) in [4.78, 5) is 5.62. The van der Waals surface area contributed by atoms with Crippen LogP contribution in [0.1, 0.15) is 12.0 Å². The largest absolute Gasteiger partial charge is 0.534 e. The molecule has 0 amide bonds. The zero-order chi connectivity index (χ0) is 20.8. The number of hydrogen-bond acceptors (Lipinski definition) is 5. The minimum Gasteiger partial charge on any atom is -0.353 e. The molecule has 1 aliphatic heterocycles. The summed E-state index contributed by atoms with van der Waals surface area (Å²) in [5, 5.41) is 0.591. The van der Waals surface area contributed by atoms with Gasteiger partial charge in [0, 0.05) is 17.6 Å². The molecule has 10 heteroatoms. The zero-order valence-corrected chi connectivity index (χ0v) is 15.6. The summed E-state index contributed by atoms with van der Waals surface area (Å²) in [7, 11) is -5.91. The van der Waals surface area contributed by atoms with Crippen molar-refractivity contribution in [1.29, 1.82) is 0 Å². The molecule has 0 bridgehead atoms. The average molecular weight is 426 g/mol. The molecule has 3 aromatic rings. The smallest absolute Gasteiger partial charge is 0.353 e. The Morgan fingerprint density at radius 2 is 1.79 bits per heavy atom. The minimum atomic E-state index is -5.91. The van der Waals surface area contributed by atoms with Crippen LogP contribution >= 0.6 is 0 Å². The first kappa shape index (κ1) is 19.4. The first-order valence-electron chi connectivity index (χ1n) is 8.62. The summed E-state index contributed by atoms with van der Waals surface area (Å²) in [6, 6.07) is 12.2. The first-order valence-corrected chi connectivity index (χ1v) is 10.0. The van der Waals surface area contributed by atoms with E-state index in [1.807, 2.05) is 0 Å². The fourth-order valence-electron chi connectivity index (χ4n) is 3.31. The highest BCUT2D eigenvalue weighted by Crippen LogP contribution is 2.41. The lowest BCUT2D eigenvalue weighted by atomic mass is 10.0. The summed E-state index contributed by atoms with van der Waals surface area (Å²) in [6.07, 6.45) is 1.18. The van der Waals surface area contributed by atoms with E-state index in [1.165, 1.54) is 30.3 Å². The van der Waals surface area contributed by atoms with Crippen molar-refractivity contribution in [3.8, 4) is 5.88 Å². The second-order valence-electron chi connectivity index (χ2n) is 6.52. The molecule has 29 heavy (non-hydrogen) atoms. The van der Waals surface area contributed by atoms with Crippen LogP contribution in [0.4, 0.5) is 28.9 Å². The van der Waals surface area contributed by atoms with Crippen LogP contribution in [0.5, 0.6) is 5.88 Å². The van der Waals surface area contributed by atoms with Crippen LogP contribution < -0.4 is 9.08 Å². The van der Waals surface area contributed by atoms with Crippen molar-refractivity contribution in [3.63, 3.8) is 0 Å². The molecule has 0 saturated heterocycles. The molecule has 0 saturated carbocycles. The highest BCUT2D eigenvalue weighted by Gasteiger charge is 2.49. The standard InChI is InChI=1S/C19H14F4N2O3S/c20-14-7-8-16-13(10-14)5-3-9-25(16)17-11-12-4-1-2-6-15(12)24-18(17)28-29(26,27)19(21,22)23/h1-2,4,6-8,10-11H,3,5,9H2. The van der Waals surface area contributed by atoms with Crippen molar-refractivity contribution in [2.24, 2.45) is 0 Å².